The van der Waals surface area contributed by atoms with Crippen LogP contribution in [0.1, 0.15) is 35.3 Å². The van der Waals surface area contributed by atoms with Crippen molar-refractivity contribution in [2.75, 3.05) is 6.61 Å². The van der Waals surface area contributed by atoms with E-state index in [0.717, 1.165) is 38.7 Å². The molecule has 9 heteroatoms. The molecule has 2 aromatic carbocycles. The van der Waals surface area contributed by atoms with Gasteiger partial charge in [-0.25, -0.2) is 9.59 Å². The van der Waals surface area contributed by atoms with E-state index in [1.54, 1.807) is 31.2 Å². The highest BCUT2D eigenvalue weighted by Gasteiger charge is 2.41. The topological polar surface area (TPSA) is 106 Å². The second-order valence-corrected chi connectivity index (χ2v) is 8.71. The van der Waals surface area contributed by atoms with Crippen LogP contribution >= 0.6 is 11.8 Å². The Morgan fingerprint density at radius 2 is 1.91 bits per heavy atom. The summed E-state index contributed by atoms with van der Waals surface area (Å²) in [7, 11) is 0. The van der Waals surface area contributed by atoms with E-state index in [-0.39, 0.29) is 17.1 Å². The number of nitrogens with zero attached hydrogens (tertiary/aromatic N) is 2. The third-order valence-corrected chi connectivity index (χ3v) is 6.36. The molecule has 0 spiro atoms. The zero-order valence-electron chi connectivity index (χ0n) is 18.6. The van der Waals surface area contributed by atoms with Gasteiger partial charge in [-0.2, -0.15) is 0 Å². The van der Waals surface area contributed by atoms with Crippen molar-refractivity contribution >= 4 is 51.8 Å². The van der Waals surface area contributed by atoms with Crippen LogP contribution in [0.3, 0.4) is 0 Å². The highest BCUT2D eigenvalue weighted by Crippen LogP contribution is 2.35. The molecule has 0 bridgehead atoms. The van der Waals surface area contributed by atoms with E-state index in [1.807, 2.05) is 41.1 Å². The van der Waals surface area contributed by atoms with Gasteiger partial charge in [-0.1, -0.05) is 30.3 Å². The van der Waals surface area contributed by atoms with E-state index in [9.17, 15) is 24.3 Å². The van der Waals surface area contributed by atoms with E-state index in [4.69, 9.17) is 4.74 Å². The first-order valence-electron chi connectivity index (χ1n) is 10.6. The van der Waals surface area contributed by atoms with Crippen molar-refractivity contribution in [3.8, 4) is 0 Å². The van der Waals surface area contributed by atoms with Crippen molar-refractivity contribution in [1.29, 1.82) is 0 Å². The number of carboxylic acids is 1. The van der Waals surface area contributed by atoms with Crippen LogP contribution in [0.5, 0.6) is 0 Å². The summed E-state index contributed by atoms with van der Waals surface area (Å²) in [5.41, 5.74) is 2.65. The number of benzene rings is 2. The van der Waals surface area contributed by atoms with Crippen molar-refractivity contribution in [2.24, 2.45) is 0 Å². The van der Waals surface area contributed by atoms with E-state index >= 15 is 0 Å². The monoisotopic (exact) mass is 478 g/mol. The number of carboxylic acid groups (broad SMARTS) is 1. The van der Waals surface area contributed by atoms with Crippen LogP contribution in [0, 0.1) is 0 Å². The van der Waals surface area contributed by atoms with E-state index in [2.05, 4.69) is 0 Å². The number of rotatable bonds is 7. The SMILES string of the molecule is CCOC(=O)[C@H](C)N1C(=O)S/C(=C/c2cn(Cc3cccc(C(=O)O)c3)c3ccccc23)C1=O. The molecule has 2 heterocycles. The second-order valence-electron chi connectivity index (χ2n) is 7.71. The fourth-order valence-electron chi connectivity index (χ4n) is 3.84. The zero-order chi connectivity index (χ0) is 24.4. The van der Waals surface area contributed by atoms with Crippen LogP contribution in [0.2, 0.25) is 0 Å². The molecule has 1 fully saturated rings. The first-order valence-corrected chi connectivity index (χ1v) is 11.5. The molecule has 8 nitrogen and oxygen atoms in total. The van der Waals surface area contributed by atoms with Gasteiger partial charge in [-0.05, 0) is 55.4 Å². The fraction of sp³-hybridized carbons (Fsp3) is 0.200. The summed E-state index contributed by atoms with van der Waals surface area (Å²) in [5.74, 6) is -2.17. The number of carbonyl (C=O) groups is 4. The Bertz CT molecular complexity index is 1340. The van der Waals surface area contributed by atoms with Crippen molar-refractivity contribution in [3.05, 3.63) is 76.3 Å². The smallest absolute Gasteiger partial charge is 0.335 e. The van der Waals surface area contributed by atoms with Gasteiger partial charge >= 0.3 is 11.9 Å². The molecule has 0 unspecified atom stereocenters. The largest absolute Gasteiger partial charge is 0.478 e. The molecule has 4 rings (SSSR count). The van der Waals surface area contributed by atoms with Crippen molar-refractivity contribution in [1.82, 2.24) is 9.47 Å². The van der Waals surface area contributed by atoms with Gasteiger partial charge in [0.1, 0.15) is 6.04 Å². The van der Waals surface area contributed by atoms with Gasteiger partial charge in [0.2, 0.25) is 0 Å². The average Bonchev–Trinajstić information content (AvgIpc) is 3.30. The predicted octanol–water partition coefficient (Wildman–Crippen LogP) is 4.38. The molecule has 34 heavy (non-hydrogen) atoms. The lowest BCUT2D eigenvalue weighted by Crippen LogP contribution is -2.42. The Morgan fingerprint density at radius 3 is 2.65 bits per heavy atom. The zero-order valence-corrected chi connectivity index (χ0v) is 19.4. The first kappa shape index (κ1) is 23.3. The van der Waals surface area contributed by atoms with Gasteiger partial charge in [0.05, 0.1) is 17.1 Å². The summed E-state index contributed by atoms with van der Waals surface area (Å²) in [6.07, 6.45) is 3.51. The summed E-state index contributed by atoms with van der Waals surface area (Å²) in [6, 6.07) is 13.3. The Hall–Kier alpha value is -3.85. The Morgan fingerprint density at radius 1 is 1.15 bits per heavy atom. The number of aromatic nitrogens is 1. The number of para-hydroxylation sites is 1. The second kappa shape index (κ2) is 9.56. The summed E-state index contributed by atoms with van der Waals surface area (Å²) in [6.45, 7) is 3.71. The number of imide groups is 1. The minimum atomic E-state index is -1.01. The van der Waals surface area contributed by atoms with Crippen LogP contribution in [0.15, 0.2) is 59.6 Å². The number of thioether (sulfide) groups is 1. The first-order chi connectivity index (χ1) is 16.3. The number of fused-ring (bicyclic) bond motifs is 1. The van der Waals surface area contributed by atoms with E-state index < -0.39 is 29.1 Å². The highest BCUT2D eigenvalue weighted by molar-refractivity contribution is 8.18. The number of esters is 1. The average molecular weight is 479 g/mol. The van der Waals surface area contributed by atoms with Crippen LogP contribution in [-0.4, -0.2) is 50.3 Å². The molecule has 0 saturated carbocycles. The quantitative estimate of drug-likeness (QED) is 0.397. The van der Waals surface area contributed by atoms with Crippen molar-refractivity contribution in [3.63, 3.8) is 0 Å². The molecule has 1 aromatic heterocycles. The van der Waals surface area contributed by atoms with Crippen LogP contribution in [0.4, 0.5) is 4.79 Å². The molecule has 2 amide bonds. The lowest BCUT2D eigenvalue weighted by Gasteiger charge is -2.19. The Balaban J connectivity index is 1.67. The van der Waals surface area contributed by atoms with Gasteiger partial charge in [0.25, 0.3) is 11.1 Å². The molecule has 1 atom stereocenters. The van der Waals surface area contributed by atoms with E-state index in [0.29, 0.717) is 6.54 Å². The molecule has 1 aliphatic rings. The molecule has 3 aromatic rings. The van der Waals surface area contributed by atoms with Gasteiger partial charge in [-0.15, -0.1) is 0 Å². The van der Waals surface area contributed by atoms with Crippen molar-refractivity contribution in [2.45, 2.75) is 26.4 Å². The molecule has 0 radical (unpaired) electrons. The predicted molar refractivity (Wildman–Crippen MR) is 128 cm³/mol. The van der Waals surface area contributed by atoms with Gasteiger partial charge in [0, 0.05) is 29.2 Å². The number of carbonyl (C=O) groups excluding carboxylic acids is 3. The normalized spacial score (nSPS) is 15.8. The summed E-state index contributed by atoms with van der Waals surface area (Å²) in [5, 5.41) is 9.63. The highest BCUT2D eigenvalue weighted by atomic mass is 32.2. The van der Waals surface area contributed by atoms with Crippen LogP contribution < -0.4 is 0 Å². The molecule has 0 aliphatic carbocycles. The molecule has 1 saturated heterocycles. The van der Waals surface area contributed by atoms with Crippen LogP contribution in [-0.2, 0) is 20.9 Å². The lowest BCUT2D eigenvalue weighted by molar-refractivity contribution is -0.150. The summed E-state index contributed by atoms with van der Waals surface area (Å²) >= 11 is 0.784. The standard InChI is InChI=1S/C25H22N2O6S/c1-3-33-24(31)15(2)27-22(28)21(34-25(27)32)12-18-14-26(20-10-5-4-9-19(18)20)13-16-7-6-8-17(11-16)23(29)30/h4-12,14-15H,3,13H2,1-2H3,(H,29,30)/b21-12+/t15-/m0/s1. The lowest BCUT2D eigenvalue weighted by atomic mass is 10.1. The minimum Gasteiger partial charge on any atom is -0.478 e. The maximum atomic E-state index is 13.0. The number of hydrogen-bond donors (Lipinski definition) is 1. The molecule has 1 aliphatic heterocycles. The minimum absolute atomic E-state index is 0.157. The van der Waals surface area contributed by atoms with Crippen molar-refractivity contribution < 1.29 is 29.0 Å². The molecular weight excluding hydrogens is 456 g/mol. The Labute approximate surface area is 199 Å². The number of hydrogen-bond acceptors (Lipinski definition) is 6. The van der Waals surface area contributed by atoms with E-state index in [1.165, 1.54) is 6.92 Å². The molecule has 174 valence electrons. The summed E-state index contributed by atoms with van der Waals surface area (Å²) < 4.78 is 6.92. The van der Waals surface area contributed by atoms with Gasteiger partial charge in [-0.3, -0.25) is 14.5 Å². The van der Waals surface area contributed by atoms with Crippen LogP contribution in [0.25, 0.3) is 17.0 Å². The summed E-state index contributed by atoms with van der Waals surface area (Å²) in [4.78, 5) is 50.0. The number of aromatic carboxylic acids is 1. The third kappa shape index (κ3) is 4.47. The number of ether oxygens (including phenoxy) is 1. The van der Waals surface area contributed by atoms with Gasteiger partial charge < -0.3 is 14.4 Å². The Kier molecular flexibility index (Phi) is 6.56. The molecular formula is C25H22N2O6S. The number of amides is 2. The maximum absolute atomic E-state index is 13.0. The third-order valence-electron chi connectivity index (χ3n) is 5.47. The fourth-order valence-corrected chi connectivity index (χ4v) is 4.74. The molecule has 1 N–H and O–H groups in total. The van der Waals surface area contributed by atoms with Gasteiger partial charge in [0.15, 0.2) is 0 Å². The maximum Gasteiger partial charge on any atom is 0.335 e.